The molecule has 1 aliphatic heterocycles. The fourth-order valence-electron chi connectivity index (χ4n) is 4.05. The standard InChI is InChI=1S/C25H21ClN4O/c1-15-7-9-17(10-8-15)23-22(24(31)28-19-13-11-18(26)12-14-19)16(2)27-25-29-20-5-3-4-6-21(20)30(23)25/h3-14,23H,1-2H3,(H,27,29)(H,28,31)/t23-/m1/s1. The molecule has 6 heteroatoms. The Labute approximate surface area is 185 Å². The third-order valence-corrected chi connectivity index (χ3v) is 5.82. The quantitative estimate of drug-likeness (QED) is 0.425. The maximum atomic E-state index is 13.5. The largest absolute Gasteiger partial charge is 0.329 e. The molecule has 0 saturated heterocycles. The summed E-state index contributed by atoms with van der Waals surface area (Å²) in [6, 6.07) is 23.1. The average Bonchev–Trinajstić information content (AvgIpc) is 3.13. The summed E-state index contributed by atoms with van der Waals surface area (Å²) in [5.41, 5.74) is 6.17. The van der Waals surface area contributed by atoms with Crippen molar-refractivity contribution in [1.29, 1.82) is 0 Å². The van der Waals surface area contributed by atoms with Gasteiger partial charge >= 0.3 is 0 Å². The number of anilines is 2. The van der Waals surface area contributed by atoms with Gasteiger partial charge in [0.15, 0.2) is 0 Å². The molecule has 2 N–H and O–H groups in total. The number of fused-ring (bicyclic) bond motifs is 3. The second-order valence-electron chi connectivity index (χ2n) is 7.73. The van der Waals surface area contributed by atoms with E-state index in [1.54, 1.807) is 24.3 Å². The number of aryl methyl sites for hydroxylation is 1. The number of rotatable bonds is 3. The van der Waals surface area contributed by atoms with Crippen molar-refractivity contribution in [3.8, 4) is 0 Å². The molecule has 0 aliphatic carbocycles. The van der Waals surface area contributed by atoms with Gasteiger partial charge in [-0.05, 0) is 55.8 Å². The van der Waals surface area contributed by atoms with E-state index in [4.69, 9.17) is 16.6 Å². The molecular weight excluding hydrogens is 408 g/mol. The molecule has 5 nitrogen and oxygen atoms in total. The van der Waals surface area contributed by atoms with Gasteiger partial charge in [0.05, 0.1) is 22.6 Å². The van der Waals surface area contributed by atoms with Crippen LogP contribution in [-0.2, 0) is 4.79 Å². The van der Waals surface area contributed by atoms with E-state index >= 15 is 0 Å². The summed E-state index contributed by atoms with van der Waals surface area (Å²) in [6.07, 6.45) is 0. The lowest BCUT2D eigenvalue weighted by molar-refractivity contribution is -0.113. The van der Waals surface area contributed by atoms with Crippen LogP contribution >= 0.6 is 11.6 Å². The first-order valence-corrected chi connectivity index (χ1v) is 10.5. The molecule has 1 aromatic heterocycles. The molecule has 0 saturated carbocycles. The molecule has 4 aromatic rings. The summed E-state index contributed by atoms with van der Waals surface area (Å²) >= 11 is 5.99. The van der Waals surface area contributed by atoms with Crippen molar-refractivity contribution in [2.24, 2.45) is 0 Å². The molecule has 0 bridgehead atoms. The molecule has 1 atom stereocenters. The summed E-state index contributed by atoms with van der Waals surface area (Å²) in [4.78, 5) is 18.3. The smallest absolute Gasteiger partial charge is 0.255 e. The number of allylic oxidation sites excluding steroid dienone is 1. The average molecular weight is 429 g/mol. The SMILES string of the molecule is CC1=C(C(=O)Nc2ccc(Cl)cc2)[C@@H](c2ccc(C)cc2)n2c(nc3ccccc32)N1. The molecule has 1 aliphatic rings. The van der Waals surface area contributed by atoms with Crippen molar-refractivity contribution < 1.29 is 4.79 Å². The number of nitrogens with zero attached hydrogens (tertiary/aromatic N) is 2. The molecule has 0 unspecified atom stereocenters. The van der Waals surface area contributed by atoms with Gasteiger partial charge in [-0.3, -0.25) is 9.36 Å². The van der Waals surface area contributed by atoms with Gasteiger partial charge in [0.1, 0.15) is 0 Å². The lowest BCUT2D eigenvalue weighted by Gasteiger charge is -2.30. The third-order valence-electron chi connectivity index (χ3n) is 5.57. The summed E-state index contributed by atoms with van der Waals surface area (Å²) in [7, 11) is 0. The number of hydrogen-bond acceptors (Lipinski definition) is 3. The van der Waals surface area contributed by atoms with Gasteiger partial charge in [0.2, 0.25) is 5.95 Å². The summed E-state index contributed by atoms with van der Waals surface area (Å²) in [5, 5.41) is 6.98. The minimum Gasteiger partial charge on any atom is -0.329 e. The van der Waals surface area contributed by atoms with E-state index in [0.717, 1.165) is 28.2 Å². The van der Waals surface area contributed by atoms with Crippen LogP contribution in [0.25, 0.3) is 11.0 Å². The predicted molar refractivity (Wildman–Crippen MR) is 125 cm³/mol. The topological polar surface area (TPSA) is 59.0 Å². The third kappa shape index (κ3) is 3.47. The Hall–Kier alpha value is -3.57. The Morgan fingerprint density at radius 3 is 2.45 bits per heavy atom. The van der Waals surface area contributed by atoms with Crippen LogP contribution in [-0.4, -0.2) is 15.5 Å². The van der Waals surface area contributed by atoms with E-state index in [1.807, 2.05) is 31.2 Å². The van der Waals surface area contributed by atoms with E-state index < -0.39 is 0 Å². The number of amides is 1. The van der Waals surface area contributed by atoms with Crippen LogP contribution in [0.15, 0.2) is 84.1 Å². The highest BCUT2D eigenvalue weighted by Crippen LogP contribution is 2.39. The second kappa shape index (κ2) is 7.60. The minimum atomic E-state index is -0.309. The fourth-order valence-corrected chi connectivity index (χ4v) is 4.18. The van der Waals surface area contributed by atoms with Gasteiger partial charge in [0.25, 0.3) is 5.91 Å². The van der Waals surface area contributed by atoms with E-state index in [0.29, 0.717) is 16.3 Å². The van der Waals surface area contributed by atoms with Gasteiger partial charge < -0.3 is 10.6 Å². The molecule has 3 aromatic carbocycles. The highest BCUT2D eigenvalue weighted by Gasteiger charge is 2.34. The Bertz CT molecular complexity index is 1320. The molecule has 154 valence electrons. The maximum Gasteiger partial charge on any atom is 0.255 e. The number of para-hydroxylation sites is 2. The van der Waals surface area contributed by atoms with Crippen LogP contribution < -0.4 is 10.6 Å². The van der Waals surface area contributed by atoms with Crippen molar-refractivity contribution in [2.75, 3.05) is 10.6 Å². The van der Waals surface area contributed by atoms with E-state index in [-0.39, 0.29) is 11.9 Å². The number of hydrogen-bond donors (Lipinski definition) is 2. The monoisotopic (exact) mass is 428 g/mol. The number of benzene rings is 3. The number of halogens is 1. The van der Waals surface area contributed by atoms with Crippen molar-refractivity contribution >= 4 is 40.2 Å². The van der Waals surface area contributed by atoms with Crippen LogP contribution in [0.4, 0.5) is 11.6 Å². The van der Waals surface area contributed by atoms with Crippen molar-refractivity contribution in [2.45, 2.75) is 19.9 Å². The highest BCUT2D eigenvalue weighted by molar-refractivity contribution is 6.30. The second-order valence-corrected chi connectivity index (χ2v) is 8.17. The zero-order chi connectivity index (χ0) is 21.5. The first kappa shape index (κ1) is 19.4. The summed E-state index contributed by atoms with van der Waals surface area (Å²) in [5.74, 6) is 0.564. The van der Waals surface area contributed by atoms with Crippen LogP contribution in [0.5, 0.6) is 0 Å². The van der Waals surface area contributed by atoms with Gasteiger partial charge in [-0.15, -0.1) is 0 Å². The van der Waals surface area contributed by atoms with Gasteiger partial charge in [-0.2, -0.15) is 0 Å². The normalized spacial score (nSPS) is 15.5. The van der Waals surface area contributed by atoms with Gasteiger partial charge in [0, 0.05) is 16.4 Å². The predicted octanol–water partition coefficient (Wildman–Crippen LogP) is 5.93. The molecule has 0 fully saturated rings. The molecule has 1 amide bonds. The Kier molecular flexibility index (Phi) is 4.75. The molecule has 0 radical (unpaired) electrons. The number of carbonyl (C=O) groups excluding carboxylic acids is 1. The van der Waals surface area contributed by atoms with Crippen molar-refractivity contribution in [3.63, 3.8) is 0 Å². The summed E-state index contributed by atoms with van der Waals surface area (Å²) < 4.78 is 2.10. The van der Waals surface area contributed by atoms with E-state index in [2.05, 4.69) is 46.4 Å². The first-order chi connectivity index (χ1) is 15.0. The first-order valence-electron chi connectivity index (χ1n) is 10.1. The number of aromatic nitrogens is 2. The Balaban J connectivity index is 1.65. The van der Waals surface area contributed by atoms with Crippen LogP contribution in [0.2, 0.25) is 5.02 Å². The molecule has 5 rings (SSSR count). The van der Waals surface area contributed by atoms with E-state index in [1.165, 1.54) is 5.56 Å². The Morgan fingerprint density at radius 2 is 1.71 bits per heavy atom. The van der Waals surface area contributed by atoms with Crippen LogP contribution in [0.1, 0.15) is 24.1 Å². The maximum absolute atomic E-state index is 13.5. The summed E-state index contributed by atoms with van der Waals surface area (Å²) in [6.45, 7) is 3.97. The minimum absolute atomic E-state index is 0.165. The highest BCUT2D eigenvalue weighted by atomic mass is 35.5. The fraction of sp³-hybridized carbons (Fsp3) is 0.120. The molecule has 2 heterocycles. The molecule has 0 spiro atoms. The van der Waals surface area contributed by atoms with Crippen molar-refractivity contribution in [3.05, 3.63) is 100 Å². The number of imidazole rings is 1. The zero-order valence-electron chi connectivity index (χ0n) is 17.2. The number of nitrogens with one attached hydrogen (secondary N) is 2. The van der Waals surface area contributed by atoms with Crippen LogP contribution in [0, 0.1) is 6.92 Å². The lowest BCUT2D eigenvalue weighted by atomic mass is 9.93. The van der Waals surface area contributed by atoms with Crippen molar-refractivity contribution in [1.82, 2.24) is 9.55 Å². The van der Waals surface area contributed by atoms with Crippen LogP contribution in [0.3, 0.4) is 0 Å². The lowest BCUT2D eigenvalue weighted by Crippen LogP contribution is -2.30. The Morgan fingerprint density at radius 1 is 1.00 bits per heavy atom. The molecular formula is C25H21ClN4O. The molecule has 31 heavy (non-hydrogen) atoms. The van der Waals surface area contributed by atoms with E-state index in [9.17, 15) is 4.79 Å². The van der Waals surface area contributed by atoms with Gasteiger partial charge in [-0.25, -0.2) is 4.98 Å². The zero-order valence-corrected chi connectivity index (χ0v) is 17.9. The van der Waals surface area contributed by atoms with Gasteiger partial charge in [-0.1, -0.05) is 53.6 Å². The number of carbonyl (C=O) groups is 1.